The van der Waals surface area contributed by atoms with Crippen molar-refractivity contribution in [2.24, 2.45) is 11.8 Å². The van der Waals surface area contributed by atoms with Crippen LogP contribution in [0.1, 0.15) is 58.3 Å². The van der Waals surface area contributed by atoms with Crippen LogP contribution < -0.4 is 5.32 Å². The lowest BCUT2D eigenvalue weighted by Gasteiger charge is -2.40. The lowest BCUT2D eigenvalue weighted by Crippen LogP contribution is -2.50. The molecule has 0 aromatic rings. The summed E-state index contributed by atoms with van der Waals surface area (Å²) in [5.41, 5.74) is 0. The van der Waals surface area contributed by atoms with Gasteiger partial charge < -0.3 is 15.3 Å². The maximum Gasteiger partial charge on any atom is 0.0443 e. The summed E-state index contributed by atoms with van der Waals surface area (Å²) < 4.78 is 0. The Morgan fingerprint density at radius 3 is 2.60 bits per heavy atom. The lowest BCUT2D eigenvalue weighted by molar-refractivity contribution is 0.110. The number of nitrogens with zero attached hydrogens (tertiary/aromatic N) is 1. The van der Waals surface area contributed by atoms with Crippen molar-refractivity contribution < 1.29 is 5.11 Å². The summed E-state index contributed by atoms with van der Waals surface area (Å²) in [6.45, 7) is 7.47. The highest BCUT2D eigenvalue weighted by molar-refractivity contribution is 4.84. The van der Waals surface area contributed by atoms with E-state index in [0.29, 0.717) is 12.6 Å². The van der Waals surface area contributed by atoms with Crippen molar-refractivity contribution in [3.63, 3.8) is 0 Å². The molecule has 2 atom stereocenters. The SMILES string of the molecule is CCC1CC(NCCCO)CN(CC2CCCCC2)C1. The minimum atomic E-state index is 0.308. The first-order valence-corrected chi connectivity index (χ1v) is 8.88. The molecule has 3 heteroatoms. The van der Waals surface area contributed by atoms with Crippen LogP contribution in [0.2, 0.25) is 0 Å². The van der Waals surface area contributed by atoms with E-state index in [0.717, 1.165) is 24.8 Å². The number of hydrogen-bond acceptors (Lipinski definition) is 3. The van der Waals surface area contributed by atoms with Gasteiger partial charge in [0.2, 0.25) is 0 Å². The molecule has 1 aliphatic heterocycles. The maximum atomic E-state index is 8.91. The smallest absolute Gasteiger partial charge is 0.0443 e. The fourth-order valence-electron chi connectivity index (χ4n) is 4.02. The van der Waals surface area contributed by atoms with Gasteiger partial charge in [-0.2, -0.15) is 0 Å². The molecule has 1 aliphatic carbocycles. The number of aliphatic hydroxyl groups excluding tert-OH is 1. The fourth-order valence-corrected chi connectivity index (χ4v) is 4.02. The highest BCUT2D eigenvalue weighted by atomic mass is 16.3. The number of rotatable bonds is 7. The Kier molecular flexibility index (Phi) is 7.32. The molecule has 1 saturated carbocycles. The number of aliphatic hydroxyl groups is 1. The van der Waals surface area contributed by atoms with Crippen LogP contribution in [0.3, 0.4) is 0 Å². The van der Waals surface area contributed by atoms with Gasteiger partial charge in [0, 0.05) is 32.3 Å². The molecule has 0 radical (unpaired) electrons. The Bertz CT molecular complexity index is 253. The second-order valence-electron chi connectivity index (χ2n) is 6.96. The van der Waals surface area contributed by atoms with Crippen molar-refractivity contribution in [2.75, 3.05) is 32.8 Å². The first-order chi connectivity index (χ1) is 9.81. The summed E-state index contributed by atoms with van der Waals surface area (Å²) >= 11 is 0. The summed E-state index contributed by atoms with van der Waals surface area (Å²) in [7, 11) is 0. The summed E-state index contributed by atoms with van der Waals surface area (Å²) in [5, 5.41) is 12.6. The maximum absolute atomic E-state index is 8.91. The third-order valence-corrected chi connectivity index (χ3v) is 5.20. The lowest BCUT2D eigenvalue weighted by atomic mass is 9.86. The number of piperidine rings is 1. The first-order valence-electron chi connectivity index (χ1n) is 8.88. The zero-order valence-corrected chi connectivity index (χ0v) is 13.3. The third kappa shape index (κ3) is 5.34. The Balaban J connectivity index is 1.77. The molecule has 1 heterocycles. The number of likely N-dealkylation sites (tertiary alicyclic amines) is 1. The van der Waals surface area contributed by atoms with Gasteiger partial charge in [-0.05, 0) is 44.1 Å². The van der Waals surface area contributed by atoms with Crippen molar-refractivity contribution in [1.82, 2.24) is 10.2 Å². The average molecular weight is 282 g/mol. The summed E-state index contributed by atoms with van der Waals surface area (Å²) in [6, 6.07) is 0.642. The van der Waals surface area contributed by atoms with Crippen molar-refractivity contribution in [2.45, 2.75) is 64.3 Å². The number of nitrogens with one attached hydrogen (secondary N) is 1. The molecule has 0 spiro atoms. The largest absolute Gasteiger partial charge is 0.396 e. The van der Waals surface area contributed by atoms with Crippen molar-refractivity contribution in [1.29, 1.82) is 0 Å². The molecule has 2 aliphatic rings. The highest BCUT2D eigenvalue weighted by Crippen LogP contribution is 2.27. The summed E-state index contributed by atoms with van der Waals surface area (Å²) in [6.07, 6.45) is 10.8. The molecule has 0 amide bonds. The van der Waals surface area contributed by atoms with Crippen molar-refractivity contribution in [3.05, 3.63) is 0 Å². The predicted octanol–water partition coefficient (Wildman–Crippen LogP) is 2.64. The Hall–Kier alpha value is -0.120. The van der Waals surface area contributed by atoms with E-state index < -0.39 is 0 Å². The van der Waals surface area contributed by atoms with E-state index in [1.54, 1.807) is 0 Å². The van der Waals surface area contributed by atoms with Crippen LogP contribution >= 0.6 is 0 Å². The Labute approximate surface area is 125 Å². The van der Waals surface area contributed by atoms with E-state index in [4.69, 9.17) is 5.11 Å². The molecular formula is C17H34N2O. The van der Waals surface area contributed by atoms with Gasteiger partial charge in [-0.3, -0.25) is 0 Å². The Morgan fingerprint density at radius 2 is 1.90 bits per heavy atom. The van der Waals surface area contributed by atoms with Gasteiger partial charge in [0.1, 0.15) is 0 Å². The second kappa shape index (κ2) is 9.01. The molecule has 2 rings (SSSR count). The third-order valence-electron chi connectivity index (χ3n) is 5.20. The second-order valence-corrected chi connectivity index (χ2v) is 6.96. The summed E-state index contributed by atoms with van der Waals surface area (Å²) in [5.74, 6) is 1.82. The average Bonchev–Trinajstić information content (AvgIpc) is 2.48. The molecule has 0 bridgehead atoms. The molecule has 2 fully saturated rings. The van der Waals surface area contributed by atoms with E-state index in [-0.39, 0.29) is 0 Å². The summed E-state index contributed by atoms with van der Waals surface area (Å²) in [4.78, 5) is 2.73. The normalized spacial score (nSPS) is 29.7. The molecule has 0 aromatic carbocycles. The van der Waals surface area contributed by atoms with E-state index >= 15 is 0 Å². The van der Waals surface area contributed by atoms with E-state index in [2.05, 4.69) is 17.1 Å². The van der Waals surface area contributed by atoms with Gasteiger partial charge in [-0.1, -0.05) is 32.6 Å². The quantitative estimate of drug-likeness (QED) is 0.705. The van der Waals surface area contributed by atoms with Gasteiger partial charge in [-0.15, -0.1) is 0 Å². The standard InChI is InChI=1S/C17H34N2O/c1-2-15-11-17(18-9-6-10-20)14-19(12-15)13-16-7-4-3-5-8-16/h15-18,20H,2-14H2,1H3. The number of hydrogen-bond donors (Lipinski definition) is 2. The predicted molar refractivity (Wildman–Crippen MR) is 84.9 cm³/mol. The first kappa shape index (κ1) is 16.3. The monoisotopic (exact) mass is 282 g/mol. The minimum Gasteiger partial charge on any atom is -0.396 e. The topological polar surface area (TPSA) is 35.5 Å². The molecular weight excluding hydrogens is 248 g/mol. The fraction of sp³-hybridized carbons (Fsp3) is 1.00. The molecule has 3 nitrogen and oxygen atoms in total. The Morgan fingerprint density at radius 1 is 1.10 bits per heavy atom. The van der Waals surface area contributed by atoms with Crippen LogP contribution in [-0.4, -0.2) is 48.8 Å². The van der Waals surface area contributed by atoms with Crippen LogP contribution in [0.15, 0.2) is 0 Å². The van der Waals surface area contributed by atoms with Gasteiger partial charge in [0.15, 0.2) is 0 Å². The van der Waals surface area contributed by atoms with Crippen LogP contribution in [0.25, 0.3) is 0 Å². The zero-order valence-electron chi connectivity index (χ0n) is 13.3. The van der Waals surface area contributed by atoms with Crippen LogP contribution in [-0.2, 0) is 0 Å². The minimum absolute atomic E-state index is 0.308. The molecule has 20 heavy (non-hydrogen) atoms. The molecule has 2 N–H and O–H groups in total. The molecule has 1 saturated heterocycles. The van der Waals surface area contributed by atoms with Gasteiger partial charge in [0.05, 0.1) is 0 Å². The van der Waals surface area contributed by atoms with E-state index in [9.17, 15) is 0 Å². The van der Waals surface area contributed by atoms with Gasteiger partial charge >= 0.3 is 0 Å². The highest BCUT2D eigenvalue weighted by Gasteiger charge is 2.27. The van der Waals surface area contributed by atoms with Crippen molar-refractivity contribution in [3.8, 4) is 0 Å². The molecule has 118 valence electrons. The van der Waals surface area contributed by atoms with E-state index in [1.807, 2.05) is 0 Å². The van der Waals surface area contributed by atoms with Crippen molar-refractivity contribution >= 4 is 0 Å². The zero-order chi connectivity index (χ0) is 14.2. The van der Waals surface area contributed by atoms with E-state index in [1.165, 1.54) is 64.6 Å². The van der Waals surface area contributed by atoms with Crippen LogP contribution in [0, 0.1) is 11.8 Å². The van der Waals surface area contributed by atoms with Gasteiger partial charge in [0.25, 0.3) is 0 Å². The van der Waals surface area contributed by atoms with Gasteiger partial charge in [-0.25, -0.2) is 0 Å². The molecule has 0 aromatic heterocycles. The van der Waals surface area contributed by atoms with Crippen LogP contribution in [0.4, 0.5) is 0 Å². The van der Waals surface area contributed by atoms with Crippen LogP contribution in [0.5, 0.6) is 0 Å². The molecule has 2 unspecified atom stereocenters.